The molecular weight excluding hydrogens is 395 g/mol. The van der Waals surface area contributed by atoms with E-state index in [1.165, 1.54) is 0 Å². The van der Waals surface area contributed by atoms with Crippen LogP contribution in [0.25, 0.3) is 0 Å². The normalized spacial score (nSPS) is 10.4. The second-order valence-electron chi connectivity index (χ2n) is 6.17. The van der Waals surface area contributed by atoms with Crippen LogP contribution in [-0.4, -0.2) is 17.7 Å². The van der Waals surface area contributed by atoms with Gasteiger partial charge in [-0.15, -0.1) is 0 Å². The van der Waals surface area contributed by atoms with Crippen LogP contribution in [0.1, 0.15) is 11.1 Å². The van der Waals surface area contributed by atoms with Gasteiger partial charge in [0.05, 0.1) is 5.02 Å². The lowest BCUT2D eigenvalue weighted by Crippen LogP contribution is -2.40. The number of halogens is 2. The summed E-state index contributed by atoms with van der Waals surface area (Å²) in [4.78, 5) is 14.5. The molecule has 28 heavy (non-hydrogen) atoms. The van der Waals surface area contributed by atoms with Crippen molar-refractivity contribution < 1.29 is 9.53 Å². The average Bonchev–Trinajstić information content (AvgIpc) is 2.70. The fraction of sp³-hybridized carbons (Fsp3) is 0.136. The van der Waals surface area contributed by atoms with Crippen molar-refractivity contribution in [3.63, 3.8) is 0 Å². The summed E-state index contributed by atoms with van der Waals surface area (Å²) < 4.78 is 5.56. The molecule has 0 heterocycles. The van der Waals surface area contributed by atoms with E-state index in [9.17, 15) is 4.79 Å². The third-order valence-electron chi connectivity index (χ3n) is 4.06. The van der Waals surface area contributed by atoms with Gasteiger partial charge in [0.2, 0.25) is 0 Å². The Morgan fingerprint density at radius 2 is 1.43 bits per heavy atom. The minimum Gasteiger partial charge on any atom is -0.472 e. The summed E-state index contributed by atoms with van der Waals surface area (Å²) in [5.74, 6) is 0.462. The molecule has 0 radical (unpaired) electrons. The van der Waals surface area contributed by atoms with Crippen molar-refractivity contribution in [1.82, 2.24) is 10.2 Å². The van der Waals surface area contributed by atoms with E-state index in [2.05, 4.69) is 5.32 Å². The Hall–Kier alpha value is -2.69. The topological polar surface area (TPSA) is 41.6 Å². The van der Waals surface area contributed by atoms with Crippen LogP contribution in [0.15, 0.2) is 78.9 Å². The average molecular weight is 415 g/mol. The predicted molar refractivity (Wildman–Crippen MR) is 113 cm³/mol. The molecule has 0 saturated carbocycles. The van der Waals surface area contributed by atoms with Gasteiger partial charge in [0, 0.05) is 18.1 Å². The third-order valence-corrected chi connectivity index (χ3v) is 4.60. The lowest BCUT2D eigenvalue weighted by Gasteiger charge is -2.23. The highest BCUT2D eigenvalue weighted by atomic mass is 35.5. The Bertz CT molecular complexity index is 863. The van der Waals surface area contributed by atoms with Crippen LogP contribution in [0.3, 0.4) is 0 Å². The van der Waals surface area contributed by atoms with Gasteiger partial charge in [0.1, 0.15) is 5.75 Å². The van der Waals surface area contributed by atoms with E-state index in [0.717, 1.165) is 11.1 Å². The maximum absolute atomic E-state index is 12.8. The molecule has 3 aromatic rings. The summed E-state index contributed by atoms with van der Waals surface area (Å²) in [5, 5.41) is 3.71. The van der Waals surface area contributed by atoms with Crippen molar-refractivity contribution in [3.05, 3.63) is 100 Å². The molecule has 0 saturated heterocycles. The largest absolute Gasteiger partial charge is 0.472 e. The van der Waals surface area contributed by atoms with Gasteiger partial charge in [0.15, 0.2) is 6.73 Å². The van der Waals surface area contributed by atoms with Gasteiger partial charge in [-0.05, 0) is 29.3 Å². The first kappa shape index (κ1) is 20.1. The van der Waals surface area contributed by atoms with Crippen molar-refractivity contribution >= 4 is 29.2 Å². The summed E-state index contributed by atoms with van der Waals surface area (Å²) in [5.41, 5.74) is 2.10. The van der Waals surface area contributed by atoms with Crippen LogP contribution in [0.4, 0.5) is 4.79 Å². The Balaban J connectivity index is 1.63. The zero-order valence-corrected chi connectivity index (χ0v) is 16.7. The minimum absolute atomic E-state index is 0.000263. The lowest BCUT2D eigenvalue weighted by molar-refractivity contribution is 0.179. The first-order chi connectivity index (χ1) is 13.6. The van der Waals surface area contributed by atoms with Crippen LogP contribution in [-0.2, 0) is 13.1 Å². The summed E-state index contributed by atoms with van der Waals surface area (Å²) in [6.07, 6.45) is 0. The van der Waals surface area contributed by atoms with E-state index in [1.807, 2.05) is 60.7 Å². The minimum atomic E-state index is -0.224. The molecule has 1 N–H and O–H groups in total. The highest BCUT2D eigenvalue weighted by Crippen LogP contribution is 2.27. The van der Waals surface area contributed by atoms with Gasteiger partial charge in [-0.25, -0.2) is 4.79 Å². The quantitative estimate of drug-likeness (QED) is 0.500. The Kier molecular flexibility index (Phi) is 7.18. The van der Waals surface area contributed by atoms with Crippen molar-refractivity contribution in [2.75, 3.05) is 6.73 Å². The first-order valence-corrected chi connectivity index (χ1v) is 9.56. The number of carbonyl (C=O) groups excluding carboxylic acids is 1. The number of urea groups is 1. The van der Waals surface area contributed by atoms with Gasteiger partial charge < -0.3 is 15.0 Å². The molecule has 6 heteroatoms. The van der Waals surface area contributed by atoms with E-state index in [-0.39, 0.29) is 12.8 Å². The number of hydrogen-bond acceptors (Lipinski definition) is 2. The van der Waals surface area contributed by atoms with E-state index in [4.69, 9.17) is 27.9 Å². The number of carbonyl (C=O) groups is 1. The first-order valence-electron chi connectivity index (χ1n) is 8.80. The molecule has 0 aliphatic rings. The number of hydrogen-bond donors (Lipinski definition) is 1. The molecular formula is C22H20Cl2N2O2. The van der Waals surface area contributed by atoms with Crippen molar-refractivity contribution in [2.45, 2.75) is 13.1 Å². The number of nitrogens with one attached hydrogen (secondary N) is 1. The van der Waals surface area contributed by atoms with Gasteiger partial charge in [0.25, 0.3) is 0 Å². The van der Waals surface area contributed by atoms with E-state index in [0.29, 0.717) is 28.9 Å². The van der Waals surface area contributed by atoms with Crippen molar-refractivity contribution in [1.29, 1.82) is 0 Å². The molecule has 144 valence electrons. The van der Waals surface area contributed by atoms with E-state index in [1.54, 1.807) is 23.1 Å². The van der Waals surface area contributed by atoms with Gasteiger partial charge in [-0.3, -0.25) is 0 Å². The van der Waals surface area contributed by atoms with Crippen LogP contribution in [0.5, 0.6) is 5.75 Å². The Morgan fingerprint density at radius 1 is 0.857 bits per heavy atom. The van der Waals surface area contributed by atoms with Crippen LogP contribution < -0.4 is 10.1 Å². The molecule has 0 fully saturated rings. The molecule has 0 bridgehead atoms. The van der Waals surface area contributed by atoms with Crippen LogP contribution >= 0.6 is 23.2 Å². The van der Waals surface area contributed by atoms with Crippen molar-refractivity contribution in [3.8, 4) is 5.75 Å². The maximum atomic E-state index is 12.8. The molecule has 0 aliphatic carbocycles. The number of benzene rings is 3. The predicted octanol–water partition coefficient (Wildman–Crippen LogP) is 5.74. The molecule has 0 atom stereocenters. The van der Waals surface area contributed by atoms with Gasteiger partial charge in [-0.1, -0.05) is 83.9 Å². The lowest BCUT2D eigenvalue weighted by atomic mass is 10.2. The van der Waals surface area contributed by atoms with E-state index < -0.39 is 0 Å². The Labute approximate surface area is 174 Å². The molecule has 0 aliphatic heterocycles. The zero-order valence-electron chi connectivity index (χ0n) is 15.1. The molecule has 2 amide bonds. The molecule has 0 spiro atoms. The molecule has 0 unspecified atom stereocenters. The second-order valence-corrected chi connectivity index (χ2v) is 7.02. The third kappa shape index (κ3) is 5.91. The monoisotopic (exact) mass is 414 g/mol. The molecule has 4 nitrogen and oxygen atoms in total. The fourth-order valence-corrected chi connectivity index (χ4v) is 3.15. The van der Waals surface area contributed by atoms with Gasteiger partial charge in [-0.2, -0.15) is 0 Å². The highest BCUT2D eigenvalue weighted by molar-refractivity contribution is 6.35. The highest BCUT2D eigenvalue weighted by Gasteiger charge is 2.14. The number of nitrogens with zero attached hydrogens (tertiary/aromatic N) is 1. The number of rotatable bonds is 7. The van der Waals surface area contributed by atoms with E-state index >= 15 is 0 Å². The van der Waals surface area contributed by atoms with Crippen LogP contribution in [0.2, 0.25) is 10.0 Å². The maximum Gasteiger partial charge on any atom is 0.320 e. The molecule has 3 aromatic carbocycles. The Morgan fingerprint density at radius 3 is 1.96 bits per heavy atom. The zero-order chi connectivity index (χ0) is 19.8. The summed E-state index contributed by atoms with van der Waals surface area (Å²) in [6, 6.07) is 24.4. The van der Waals surface area contributed by atoms with Crippen molar-refractivity contribution in [2.24, 2.45) is 0 Å². The summed E-state index contributed by atoms with van der Waals surface area (Å²) in [7, 11) is 0. The van der Waals surface area contributed by atoms with Gasteiger partial charge >= 0.3 is 6.03 Å². The molecule has 0 aromatic heterocycles. The SMILES string of the molecule is O=C(NCOc1ccc(Cl)cc1Cl)N(Cc1ccccc1)Cc1ccccc1. The smallest absolute Gasteiger partial charge is 0.320 e. The number of amides is 2. The fourth-order valence-electron chi connectivity index (χ4n) is 2.69. The summed E-state index contributed by atoms with van der Waals surface area (Å²) >= 11 is 12.0. The van der Waals surface area contributed by atoms with Crippen LogP contribution in [0, 0.1) is 0 Å². The standard InChI is InChI=1S/C22H20Cl2N2O2/c23-19-11-12-21(20(24)13-19)28-16-25-22(27)26(14-17-7-3-1-4-8-17)15-18-9-5-2-6-10-18/h1-13H,14-16H2,(H,25,27). The second kappa shape index (κ2) is 10.0. The number of ether oxygens (including phenoxy) is 1. The summed E-state index contributed by atoms with van der Waals surface area (Å²) in [6.45, 7) is 0.979. The molecule has 3 rings (SSSR count).